The van der Waals surface area contributed by atoms with E-state index < -0.39 is 47.2 Å². The van der Waals surface area contributed by atoms with E-state index in [9.17, 15) is 24.0 Å². The predicted molar refractivity (Wildman–Crippen MR) is 253 cm³/mol. The number of pyridine rings is 1. The topological polar surface area (TPSA) is 168 Å². The summed E-state index contributed by atoms with van der Waals surface area (Å²) in [7, 11) is 3.29. The number of thiazole rings is 1. The second kappa shape index (κ2) is 20.1. The van der Waals surface area contributed by atoms with Gasteiger partial charge in [0.25, 0.3) is 11.8 Å². The quantitative estimate of drug-likeness (QED) is 0.155. The Balaban J connectivity index is 1.26. The van der Waals surface area contributed by atoms with Gasteiger partial charge < -0.3 is 29.2 Å². The number of esters is 1. The van der Waals surface area contributed by atoms with Crippen molar-refractivity contribution in [1.29, 1.82) is 0 Å². The van der Waals surface area contributed by atoms with Crippen LogP contribution in [-0.4, -0.2) is 117 Å². The molecule has 2 saturated heterocycles. The van der Waals surface area contributed by atoms with Crippen LogP contribution in [0.4, 0.5) is 0 Å². The highest BCUT2D eigenvalue weighted by atomic mass is 32.1. The van der Waals surface area contributed by atoms with Crippen LogP contribution in [0.3, 0.4) is 0 Å². The third-order valence-corrected chi connectivity index (χ3v) is 14.1. The lowest BCUT2D eigenvalue weighted by atomic mass is 9.84. The first kappa shape index (κ1) is 48.3. The van der Waals surface area contributed by atoms with Gasteiger partial charge in [-0.1, -0.05) is 46.6 Å². The number of carbonyl (C=O) groups is 5. The highest BCUT2D eigenvalue weighted by Crippen LogP contribution is 2.42. The van der Waals surface area contributed by atoms with Crippen molar-refractivity contribution in [3.05, 3.63) is 58.2 Å². The molecule has 66 heavy (non-hydrogen) atoms. The SMILES string of the molecule is CC#CC(=O)N1C[C@H](C)[C@H](C(=O)N(C)[C@H](C(=O)NC2Cc3nc(cs3)-c3ccc4c(c3)c(c(-c3cccnc3[C@H](C)OC)n4CC)CC(C)(C)COC(=O)[C@@H]3CCCN(N3)C2=O)C(C)C)C1. The molecule has 6 heterocycles. The smallest absolute Gasteiger partial charge is 0.324 e. The molecule has 1 aromatic carbocycles. The first-order valence-electron chi connectivity index (χ1n) is 23.1. The fourth-order valence-corrected chi connectivity index (χ4v) is 10.6. The third-order valence-electron chi connectivity index (χ3n) is 13.3. The zero-order valence-electron chi connectivity index (χ0n) is 39.9. The highest BCUT2D eigenvalue weighted by molar-refractivity contribution is 7.10. The number of rotatable bonds is 9. The van der Waals surface area contributed by atoms with E-state index in [1.807, 2.05) is 39.1 Å². The van der Waals surface area contributed by atoms with Crippen LogP contribution in [-0.2, 0) is 52.8 Å². The van der Waals surface area contributed by atoms with Gasteiger partial charge in [-0.2, -0.15) is 0 Å². The van der Waals surface area contributed by atoms with Crippen LogP contribution in [0.2, 0.25) is 0 Å². The molecule has 2 fully saturated rings. The van der Waals surface area contributed by atoms with Crippen molar-refractivity contribution in [1.82, 2.24) is 40.1 Å². The number of nitrogens with zero attached hydrogens (tertiary/aromatic N) is 6. The van der Waals surface area contributed by atoms with Gasteiger partial charge in [0.1, 0.15) is 18.1 Å². The van der Waals surface area contributed by atoms with Crippen LogP contribution in [0.15, 0.2) is 41.9 Å². The highest BCUT2D eigenvalue weighted by Gasteiger charge is 2.43. The molecule has 6 atom stereocenters. The predicted octanol–water partition coefficient (Wildman–Crippen LogP) is 5.80. The van der Waals surface area contributed by atoms with E-state index in [1.165, 1.54) is 21.2 Å². The Morgan fingerprint density at radius 3 is 2.64 bits per heavy atom. The average molecular weight is 921 g/mol. The zero-order valence-corrected chi connectivity index (χ0v) is 40.7. The van der Waals surface area contributed by atoms with Gasteiger partial charge in [-0.15, -0.1) is 11.3 Å². The van der Waals surface area contributed by atoms with E-state index in [0.717, 1.165) is 44.7 Å². The lowest BCUT2D eigenvalue weighted by molar-refractivity contribution is -0.155. The summed E-state index contributed by atoms with van der Waals surface area (Å²) >= 11 is 1.40. The molecule has 4 amide bonds. The van der Waals surface area contributed by atoms with Gasteiger partial charge in [0.15, 0.2) is 0 Å². The Kier molecular flexibility index (Phi) is 14.7. The number of likely N-dealkylation sites (N-methyl/N-ethyl adjacent to an activating group) is 1. The molecule has 2 N–H and O–H groups in total. The van der Waals surface area contributed by atoms with Crippen LogP contribution in [0.5, 0.6) is 0 Å². The van der Waals surface area contributed by atoms with Crippen molar-refractivity contribution in [2.45, 2.75) is 112 Å². The standard InChI is InChI=1S/C50H64N8O7S/c1-11-15-42(59)56-25-30(5)36(26-56)47(61)55(9)44(29(3)4)46(60)53-38-23-41-52-39(27-66-41)32-18-19-40-34(22-32)35(45(57(40)12-2)33-16-13-20-51-43(33)31(6)64-10)24-50(7,8)28-65-49(63)37-17-14-21-58(54-37)48(38)62/h13,16,18-20,22,27,29-31,36-38,44,54H,12,14,17,21,23-26,28H2,1-10H3,(H,53,60)/t30-,31-,36+,37-,38?,44-/m0/s1. The van der Waals surface area contributed by atoms with Crippen LogP contribution in [0, 0.1) is 35.0 Å². The number of cyclic esters (lactones) is 1. The number of ether oxygens (including phenoxy) is 2. The van der Waals surface area contributed by atoms with Gasteiger partial charge in [-0.25, -0.2) is 10.4 Å². The fraction of sp³-hybridized carbons (Fsp3) is 0.540. The molecule has 3 aliphatic heterocycles. The Hall–Kier alpha value is -5.63. The average Bonchev–Trinajstić information content (AvgIpc) is 4.02. The van der Waals surface area contributed by atoms with Crippen molar-refractivity contribution in [3.8, 4) is 34.4 Å². The van der Waals surface area contributed by atoms with Crippen LogP contribution in [0.25, 0.3) is 33.4 Å². The minimum absolute atomic E-state index is 0.0692. The lowest BCUT2D eigenvalue weighted by Crippen LogP contribution is -2.62. The molecule has 0 radical (unpaired) electrons. The minimum atomic E-state index is -1.09. The molecule has 6 bridgehead atoms. The van der Waals surface area contributed by atoms with Crippen LogP contribution >= 0.6 is 11.3 Å². The number of amides is 4. The first-order valence-corrected chi connectivity index (χ1v) is 24.0. The first-order chi connectivity index (χ1) is 31.5. The largest absolute Gasteiger partial charge is 0.464 e. The van der Waals surface area contributed by atoms with Crippen molar-refractivity contribution in [2.75, 3.05) is 40.4 Å². The summed E-state index contributed by atoms with van der Waals surface area (Å²) in [6.45, 7) is 17.3. The van der Waals surface area contributed by atoms with Gasteiger partial charge in [0, 0.05) is 85.8 Å². The molecule has 7 rings (SSSR count). The summed E-state index contributed by atoms with van der Waals surface area (Å²) in [5.74, 6) is 2.24. The van der Waals surface area contributed by atoms with Gasteiger partial charge >= 0.3 is 5.97 Å². The second-order valence-corrected chi connectivity index (χ2v) is 20.0. The molecule has 16 heteroatoms. The van der Waals surface area contributed by atoms with E-state index in [0.29, 0.717) is 43.9 Å². The summed E-state index contributed by atoms with van der Waals surface area (Å²) < 4.78 is 14.2. The minimum Gasteiger partial charge on any atom is -0.464 e. The number of aromatic nitrogens is 3. The Morgan fingerprint density at radius 1 is 1.15 bits per heavy atom. The van der Waals surface area contributed by atoms with Crippen molar-refractivity contribution in [2.24, 2.45) is 23.2 Å². The van der Waals surface area contributed by atoms with Crippen molar-refractivity contribution < 1.29 is 33.4 Å². The number of nitrogens with one attached hydrogen (secondary N) is 2. The number of likely N-dealkylation sites (tertiary alicyclic amines) is 1. The van der Waals surface area contributed by atoms with E-state index in [4.69, 9.17) is 19.4 Å². The summed E-state index contributed by atoms with van der Waals surface area (Å²) in [6, 6.07) is 7.58. The normalized spacial score (nSPS) is 22.0. The molecular weight excluding hydrogens is 857 g/mol. The van der Waals surface area contributed by atoms with E-state index in [-0.39, 0.29) is 49.3 Å². The monoisotopic (exact) mass is 920 g/mol. The maximum Gasteiger partial charge on any atom is 0.324 e. The third kappa shape index (κ3) is 9.89. The second-order valence-electron chi connectivity index (χ2n) is 19.1. The molecule has 1 unspecified atom stereocenters. The van der Waals surface area contributed by atoms with E-state index in [1.54, 1.807) is 32.2 Å². The van der Waals surface area contributed by atoms with Crippen LogP contribution < -0.4 is 10.7 Å². The number of aryl methyl sites for hydroxylation is 1. The Morgan fingerprint density at radius 2 is 1.92 bits per heavy atom. The van der Waals surface area contributed by atoms with Crippen molar-refractivity contribution in [3.63, 3.8) is 0 Å². The number of hydrogen-bond donors (Lipinski definition) is 2. The van der Waals surface area contributed by atoms with Gasteiger partial charge in [0.2, 0.25) is 11.8 Å². The lowest BCUT2D eigenvalue weighted by Gasteiger charge is -2.37. The maximum atomic E-state index is 14.7. The van der Waals surface area contributed by atoms with E-state index >= 15 is 0 Å². The van der Waals surface area contributed by atoms with Crippen molar-refractivity contribution >= 4 is 51.8 Å². The summed E-state index contributed by atoms with van der Waals surface area (Å²) in [5, 5.41) is 8.10. The summed E-state index contributed by atoms with van der Waals surface area (Å²) in [4.78, 5) is 82.7. The molecule has 352 valence electrons. The Labute approximate surface area is 391 Å². The van der Waals surface area contributed by atoms with Gasteiger partial charge in [-0.05, 0) is 87.6 Å². The molecule has 0 aliphatic carbocycles. The van der Waals surface area contributed by atoms with Crippen LogP contribution in [0.1, 0.15) is 90.6 Å². The van der Waals surface area contributed by atoms with E-state index in [2.05, 4.69) is 72.2 Å². The molecule has 15 nitrogen and oxygen atoms in total. The fourth-order valence-electron chi connectivity index (χ4n) is 9.79. The molecule has 0 saturated carbocycles. The van der Waals surface area contributed by atoms with Gasteiger partial charge in [-0.3, -0.25) is 34.0 Å². The van der Waals surface area contributed by atoms with Gasteiger partial charge in [0.05, 0.1) is 40.7 Å². The molecular formula is C50H64N8O7S. The number of carbonyl (C=O) groups excluding carboxylic acids is 5. The number of fused-ring (bicyclic) bond motifs is 6. The number of methoxy groups -OCH3 is 1. The number of benzene rings is 1. The zero-order chi connectivity index (χ0) is 47.6. The number of hydrogen-bond acceptors (Lipinski definition) is 11. The summed E-state index contributed by atoms with van der Waals surface area (Å²) in [5.41, 5.74) is 9.24. The molecule has 3 aliphatic rings. The maximum absolute atomic E-state index is 14.7. The molecule has 4 aromatic rings. The number of hydrazine groups is 1. The molecule has 0 spiro atoms. The Bertz CT molecular complexity index is 2550. The summed E-state index contributed by atoms with van der Waals surface area (Å²) in [6.07, 6.45) is 3.17. The molecule has 3 aromatic heterocycles.